The molecule has 0 N–H and O–H groups in total. The molecule has 0 atom stereocenters. The summed E-state index contributed by atoms with van der Waals surface area (Å²) in [5.74, 6) is -0.586. The highest BCUT2D eigenvalue weighted by Crippen LogP contribution is 2.18. The van der Waals surface area contributed by atoms with Gasteiger partial charge in [-0.2, -0.15) is 5.26 Å². The first kappa shape index (κ1) is 13.5. The molecule has 88 valence electrons. The van der Waals surface area contributed by atoms with Gasteiger partial charge in [0.25, 0.3) is 0 Å². The maximum atomic E-state index is 11.4. The molecule has 1 aromatic rings. The minimum Gasteiger partial charge on any atom is -0.462 e. The van der Waals surface area contributed by atoms with Crippen molar-refractivity contribution < 1.29 is 9.53 Å². The highest BCUT2D eigenvalue weighted by atomic mass is 79.9. The number of carbonyl (C=O) groups excluding carboxylic acids is 1. The van der Waals surface area contributed by atoms with Gasteiger partial charge in [0.15, 0.2) is 0 Å². The third-order valence-corrected chi connectivity index (χ3v) is 2.64. The van der Waals surface area contributed by atoms with Gasteiger partial charge in [-0.25, -0.2) is 4.79 Å². The summed E-state index contributed by atoms with van der Waals surface area (Å²) in [6, 6.07) is 7.48. The number of hydrogen-bond donors (Lipinski definition) is 0. The second-order valence-corrected chi connectivity index (χ2v) is 4.31. The highest BCUT2D eigenvalue weighted by Gasteiger charge is 2.10. The van der Waals surface area contributed by atoms with Gasteiger partial charge in [0.2, 0.25) is 0 Å². The van der Waals surface area contributed by atoms with Gasteiger partial charge in [-0.05, 0) is 43.2 Å². The van der Waals surface area contributed by atoms with Crippen molar-refractivity contribution in [3.05, 3.63) is 39.4 Å². The van der Waals surface area contributed by atoms with Crippen molar-refractivity contribution in [1.82, 2.24) is 0 Å². The molecule has 0 unspecified atom stereocenters. The molecule has 0 aliphatic carbocycles. The Morgan fingerprint density at radius 3 is 2.82 bits per heavy atom. The molecule has 1 rings (SSSR count). The van der Waals surface area contributed by atoms with Crippen molar-refractivity contribution in [3.63, 3.8) is 0 Å². The fourth-order valence-electron chi connectivity index (χ4n) is 1.30. The molecule has 0 fully saturated rings. The highest BCUT2D eigenvalue weighted by molar-refractivity contribution is 9.10. The maximum Gasteiger partial charge on any atom is 0.348 e. The van der Waals surface area contributed by atoms with Crippen LogP contribution in [-0.2, 0) is 9.53 Å². The molecule has 17 heavy (non-hydrogen) atoms. The molecule has 0 aliphatic rings. The Bertz CT molecular complexity index is 501. The molecule has 0 aromatic heterocycles. The van der Waals surface area contributed by atoms with Gasteiger partial charge in [-0.3, -0.25) is 0 Å². The second-order valence-electron chi connectivity index (χ2n) is 3.39. The lowest BCUT2D eigenvalue weighted by Crippen LogP contribution is -2.06. The van der Waals surface area contributed by atoms with E-state index < -0.39 is 5.97 Å². The molecule has 0 saturated carbocycles. The number of nitrogens with zero attached hydrogens (tertiary/aromatic N) is 1. The van der Waals surface area contributed by atoms with Crippen LogP contribution in [0.1, 0.15) is 18.1 Å². The summed E-state index contributed by atoms with van der Waals surface area (Å²) < 4.78 is 5.75. The molecule has 0 bridgehead atoms. The Kier molecular flexibility index (Phi) is 4.92. The van der Waals surface area contributed by atoms with Crippen molar-refractivity contribution in [3.8, 4) is 6.07 Å². The van der Waals surface area contributed by atoms with Crippen LogP contribution >= 0.6 is 15.9 Å². The molecule has 0 spiro atoms. The Labute approximate surface area is 109 Å². The zero-order chi connectivity index (χ0) is 12.8. The van der Waals surface area contributed by atoms with Gasteiger partial charge in [-0.1, -0.05) is 22.0 Å². The predicted octanol–water partition coefficient (Wildman–Crippen LogP) is 3.23. The number of nitriles is 1. The smallest absolute Gasteiger partial charge is 0.348 e. The first-order valence-corrected chi connectivity index (χ1v) is 5.93. The first-order valence-electron chi connectivity index (χ1n) is 5.13. The van der Waals surface area contributed by atoms with Crippen molar-refractivity contribution >= 4 is 28.0 Å². The van der Waals surface area contributed by atoms with Crippen LogP contribution in [-0.4, -0.2) is 12.6 Å². The van der Waals surface area contributed by atoms with Crippen molar-refractivity contribution in [2.24, 2.45) is 0 Å². The van der Waals surface area contributed by atoms with Gasteiger partial charge in [0, 0.05) is 4.47 Å². The number of rotatable bonds is 3. The molecule has 0 radical (unpaired) electrons. The van der Waals surface area contributed by atoms with Crippen LogP contribution in [0.4, 0.5) is 0 Å². The maximum absolute atomic E-state index is 11.4. The van der Waals surface area contributed by atoms with Crippen LogP contribution in [0, 0.1) is 18.3 Å². The molecule has 1 aromatic carbocycles. The average Bonchev–Trinajstić information content (AvgIpc) is 2.28. The Morgan fingerprint density at radius 1 is 1.59 bits per heavy atom. The summed E-state index contributed by atoms with van der Waals surface area (Å²) >= 11 is 3.36. The molecule has 0 saturated heterocycles. The van der Waals surface area contributed by atoms with Crippen molar-refractivity contribution in [1.29, 1.82) is 5.26 Å². The minimum absolute atomic E-state index is 0.0114. The lowest BCUT2D eigenvalue weighted by molar-refractivity contribution is -0.137. The lowest BCUT2D eigenvalue weighted by Gasteiger charge is -2.03. The molecule has 0 aliphatic heterocycles. The SMILES string of the molecule is CCOC(=O)C(C#N)=Cc1ccc(Br)cc1C. The molecular weight excluding hydrogens is 282 g/mol. The molecule has 0 heterocycles. The summed E-state index contributed by atoms with van der Waals surface area (Å²) in [5.41, 5.74) is 1.83. The van der Waals surface area contributed by atoms with Gasteiger partial charge in [-0.15, -0.1) is 0 Å². The molecule has 0 amide bonds. The number of hydrogen-bond acceptors (Lipinski definition) is 3. The fourth-order valence-corrected chi connectivity index (χ4v) is 1.78. The van der Waals surface area contributed by atoms with Crippen LogP contribution in [0.5, 0.6) is 0 Å². The third-order valence-electron chi connectivity index (χ3n) is 2.15. The predicted molar refractivity (Wildman–Crippen MR) is 69.1 cm³/mol. The Morgan fingerprint density at radius 2 is 2.29 bits per heavy atom. The quantitative estimate of drug-likeness (QED) is 0.488. The number of halogens is 1. The van der Waals surface area contributed by atoms with E-state index in [1.54, 1.807) is 13.0 Å². The Hall–Kier alpha value is -1.60. The second kappa shape index (κ2) is 6.21. The van der Waals surface area contributed by atoms with Crippen molar-refractivity contribution in [2.45, 2.75) is 13.8 Å². The van der Waals surface area contributed by atoms with E-state index in [1.165, 1.54) is 0 Å². The van der Waals surface area contributed by atoms with E-state index >= 15 is 0 Å². The molecule has 3 nitrogen and oxygen atoms in total. The van der Waals surface area contributed by atoms with Gasteiger partial charge in [0.1, 0.15) is 11.6 Å². The van der Waals surface area contributed by atoms with Crippen LogP contribution in [0.3, 0.4) is 0 Å². The van der Waals surface area contributed by atoms with Crippen LogP contribution in [0.25, 0.3) is 6.08 Å². The van der Waals surface area contributed by atoms with Gasteiger partial charge in [0.05, 0.1) is 6.61 Å². The molecular formula is C13H12BrNO2. The fraction of sp³-hybridized carbons (Fsp3) is 0.231. The standard InChI is InChI=1S/C13H12BrNO2/c1-3-17-13(16)11(8-15)7-10-4-5-12(14)6-9(10)2/h4-7H,3H2,1-2H3. The molecule has 4 heteroatoms. The number of benzene rings is 1. The first-order chi connectivity index (χ1) is 8.08. The number of carbonyl (C=O) groups is 1. The summed E-state index contributed by atoms with van der Waals surface area (Å²) in [7, 11) is 0. The van der Waals surface area contributed by atoms with Gasteiger partial charge >= 0.3 is 5.97 Å². The van der Waals surface area contributed by atoms with E-state index in [4.69, 9.17) is 10.00 Å². The monoisotopic (exact) mass is 293 g/mol. The van der Waals surface area contributed by atoms with E-state index in [0.717, 1.165) is 15.6 Å². The zero-order valence-electron chi connectivity index (χ0n) is 9.66. The number of esters is 1. The third kappa shape index (κ3) is 3.72. The van der Waals surface area contributed by atoms with Crippen LogP contribution in [0.2, 0.25) is 0 Å². The van der Waals surface area contributed by atoms with E-state index in [9.17, 15) is 4.79 Å². The summed E-state index contributed by atoms with van der Waals surface area (Å²) in [4.78, 5) is 11.4. The minimum atomic E-state index is -0.586. The van der Waals surface area contributed by atoms with E-state index in [-0.39, 0.29) is 12.2 Å². The lowest BCUT2D eigenvalue weighted by atomic mass is 10.1. The topological polar surface area (TPSA) is 50.1 Å². The summed E-state index contributed by atoms with van der Waals surface area (Å²) in [5, 5.41) is 8.90. The van der Waals surface area contributed by atoms with Crippen LogP contribution < -0.4 is 0 Å². The average molecular weight is 294 g/mol. The number of aryl methyl sites for hydroxylation is 1. The zero-order valence-corrected chi connectivity index (χ0v) is 11.2. The van der Waals surface area contributed by atoms with Crippen molar-refractivity contribution in [2.75, 3.05) is 6.61 Å². The van der Waals surface area contributed by atoms with Crippen LogP contribution in [0.15, 0.2) is 28.2 Å². The Balaban J connectivity index is 3.07. The van der Waals surface area contributed by atoms with E-state index in [2.05, 4.69) is 15.9 Å². The van der Waals surface area contributed by atoms with E-state index in [1.807, 2.05) is 31.2 Å². The van der Waals surface area contributed by atoms with Gasteiger partial charge < -0.3 is 4.74 Å². The summed E-state index contributed by atoms with van der Waals surface area (Å²) in [6.07, 6.45) is 1.54. The largest absolute Gasteiger partial charge is 0.462 e. The van der Waals surface area contributed by atoms with E-state index in [0.29, 0.717) is 0 Å². The normalized spacial score (nSPS) is 10.8. The number of ether oxygens (including phenoxy) is 1. The summed E-state index contributed by atoms with van der Waals surface area (Å²) in [6.45, 7) is 3.88.